The van der Waals surface area contributed by atoms with Crippen LogP contribution in [0.15, 0.2) is 30.3 Å². The van der Waals surface area contributed by atoms with Gasteiger partial charge in [-0.1, -0.05) is 37.3 Å². The van der Waals surface area contributed by atoms with E-state index >= 15 is 0 Å². The first-order valence-electron chi connectivity index (χ1n) is 5.81. The van der Waals surface area contributed by atoms with E-state index in [1.807, 2.05) is 30.3 Å². The number of benzene rings is 1. The largest absolute Gasteiger partial charge is 0.445 e. The molecule has 1 aromatic rings. The minimum atomic E-state index is -0.857. The fourth-order valence-electron chi connectivity index (χ4n) is 1.31. The van der Waals surface area contributed by atoms with Crippen LogP contribution in [0.3, 0.4) is 0 Å². The highest BCUT2D eigenvalue weighted by Crippen LogP contribution is 2.02. The molecule has 0 radical (unpaired) electrons. The van der Waals surface area contributed by atoms with Gasteiger partial charge >= 0.3 is 6.09 Å². The molecule has 0 spiro atoms. The highest BCUT2D eigenvalue weighted by atomic mass is 19.1. The molecular formula is C13H18FNO2. The molecule has 0 aliphatic carbocycles. The van der Waals surface area contributed by atoms with Gasteiger partial charge in [-0.05, 0) is 18.4 Å². The Morgan fingerprint density at radius 2 is 2.12 bits per heavy atom. The van der Waals surface area contributed by atoms with Crippen molar-refractivity contribution >= 4 is 6.09 Å². The second-order valence-electron chi connectivity index (χ2n) is 3.78. The topological polar surface area (TPSA) is 38.3 Å². The Hall–Kier alpha value is -1.58. The summed E-state index contributed by atoms with van der Waals surface area (Å²) in [7, 11) is 0. The zero-order chi connectivity index (χ0) is 12.5. The average molecular weight is 239 g/mol. The first kappa shape index (κ1) is 13.5. The minimum Gasteiger partial charge on any atom is -0.445 e. The summed E-state index contributed by atoms with van der Waals surface area (Å²) in [6.45, 7) is 2.32. The zero-order valence-corrected chi connectivity index (χ0v) is 9.99. The Morgan fingerprint density at radius 1 is 1.41 bits per heavy atom. The highest BCUT2D eigenvalue weighted by Gasteiger charge is 2.05. The van der Waals surface area contributed by atoms with E-state index in [1.54, 1.807) is 6.92 Å². The third kappa shape index (κ3) is 5.90. The fourth-order valence-corrected chi connectivity index (χ4v) is 1.31. The van der Waals surface area contributed by atoms with Gasteiger partial charge in [-0.15, -0.1) is 0 Å². The van der Waals surface area contributed by atoms with Gasteiger partial charge in [0.2, 0.25) is 0 Å². The molecule has 1 aromatic carbocycles. The summed E-state index contributed by atoms with van der Waals surface area (Å²) in [6, 6.07) is 9.41. The second-order valence-corrected chi connectivity index (χ2v) is 3.78. The maximum Gasteiger partial charge on any atom is 0.407 e. The van der Waals surface area contributed by atoms with E-state index < -0.39 is 12.3 Å². The molecule has 1 amide bonds. The van der Waals surface area contributed by atoms with Gasteiger partial charge in [-0.3, -0.25) is 0 Å². The Balaban J connectivity index is 2.13. The van der Waals surface area contributed by atoms with Gasteiger partial charge in [-0.25, -0.2) is 9.18 Å². The first-order chi connectivity index (χ1) is 8.22. The van der Waals surface area contributed by atoms with Gasteiger partial charge in [0.25, 0.3) is 0 Å². The number of alkyl halides is 1. The first-order valence-corrected chi connectivity index (χ1v) is 5.81. The summed E-state index contributed by atoms with van der Waals surface area (Å²) < 4.78 is 17.8. The van der Waals surface area contributed by atoms with E-state index in [-0.39, 0.29) is 6.61 Å². The minimum absolute atomic E-state index is 0.236. The number of hydrogen-bond acceptors (Lipinski definition) is 2. The van der Waals surface area contributed by atoms with Crippen molar-refractivity contribution in [3.63, 3.8) is 0 Å². The van der Waals surface area contributed by atoms with Crippen LogP contribution >= 0.6 is 0 Å². The van der Waals surface area contributed by atoms with Gasteiger partial charge in [0.15, 0.2) is 0 Å². The van der Waals surface area contributed by atoms with Crippen LogP contribution < -0.4 is 5.32 Å². The van der Waals surface area contributed by atoms with Gasteiger partial charge in [-0.2, -0.15) is 0 Å². The molecule has 1 atom stereocenters. The predicted octanol–water partition coefficient (Wildman–Crippen LogP) is 3.05. The van der Waals surface area contributed by atoms with Crippen LogP contribution in [0, 0.1) is 0 Å². The molecule has 0 saturated carbocycles. The number of nitrogens with one attached hydrogen (secondary N) is 1. The maximum atomic E-state index is 12.8. The number of hydrogen-bond donors (Lipinski definition) is 1. The van der Waals surface area contributed by atoms with Crippen LogP contribution in [0.4, 0.5) is 9.18 Å². The average Bonchev–Trinajstić information content (AvgIpc) is 2.37. The van der Waals surface area contributed by atoms with E-state index in [0.717, 1.165) is 5.56 Å². The van der Waals surface area contributed by atoms with Crippen molar-refractivity contribution in [3.05, 3.63) is 35.9 Å². The van der Waals surface area contributed by atoms with Crippen molar-refractivity contribution in [1.29, 1.82) is 0 Å². The summed E-state index contributed by atoms with van der Waals surface area (Å²) in [4.78, 5) is 11.2. The Morgan fingerprint density at radius 3 is 2.76 bits per heavy atom. The molecule has 0 fully saturated rings. The van der Waals surface area contributed by atoms with Crippen molar-refractivity contribution in [1.82, 2.24) is 5.32 Å². The molecule has 1 unspecified atom stereocenters. The molecule has 0 aromatic heterocycles. The maximum absolute atomic E-state index is 12.8. The zero-order valence-electron chi connectivity index (χ0n) is 9.99. The quantitative estimate of drug-likeness (QED) is 0.828. The molecule has 94 valence electrons. The Bertz CT molecular complexity index is 329. The Labute approximate surface area is 101 Å². The number of carbonyl (C=O) groups excluding carboxylic acids is 1. The number of ether oxygens (including phenoxy) is 1. The standard InChI is InChI=1S/C13H18FNO2/c1-2-12(14)8-9-15-13(16)17-10-11-6-4-3-5-7-11/h3-7,12H,2,8-10H2,1H3,(H,15,16). The molecule has 0 heterocycles. The number of halogens is 1. The summed E-state index contributed by atoms with van der Waals surface area (Å²) in [5, 5.41) is 2.52. The van der Waals surface area contributed by atoms with Crippen LogP contribution in [0.25, 0.3) is 0 Å². The molecule has 0 saturated heterocycles. The molecule has 17 heavy (non-hydrogen) atoms. The Kier molecular flexibility index (Phi) is 6.07. The highest BCUT2D eigenvalue weighted by molar-refractivity contribution is 5.67. The van der Waals surface area contributed by atoms with Gasteiger partial charge in [0, 0.05) is 6.54 Å². The lowest BCUT2D eigenvalue weighted by atomic mass is 10.2. The second kappa shape index (κ2) is 7.65. The number of amides is 1. The van der Waals surface area contributed by atoms with E-state index in [9.17, 15) is 9.18 Å². The molecule has 1 rings (SSSR count). The van der Waals surface area contributed by atoms with Crippen molar-refractivity contribution in [2.24, 2.45) is 0 Å². The molecule has 0 bridgehead atoms. The van der Waals surface area contributed by atoms with E-state index in [2.05, 4.69) is 5.32 Å². The van der Waals surface area contributed by atoms with Crippen molar-refractivity contribution in [3.8, 4) is 0 Å². The third-order valence-electron chi connectivity index (χ3n) is 2.38. The molecule has 3 nitrogen and oxygen atoms in total. The summed E-state index contributed by atoms with van der Waals surface area (Å²) in [5.41, 5.74) is 0.930. The van der Waals surface area contributed by atoms with Gasteiger partial charge < -0.3 is 10.1 Å². The smallest absolute Gasteiger partial charge is 0.407 e. The van der Waals surface area contributed by atoms with Crippen LogP contribution in [-0.2, 0) is 11.3 Å². The third-order valence-corrected chi connectivity index (χ3v) is 2.38. The SMILES string of the molecule is CCC(F)CCNC(=O)OCc1ccccc1. The summed E-state index contributed by atoms with van der Waals surface area (Å²) in [6.07, 6.45) is -0.556. The van der Waals surface area contributed by atoms with Crippen molar-refractivity contribution in [2.45, 2.75) is 32.5 Å². The van der Waals surface area contributed by atoms with Crippen molar-refractivity contribution in [2.75, 3.05) is 6.54 Å². The lowest BCUT2D eigenvalue weighted by Gasteiger charge is -2.08. The van der Waals surface area contributed by atoms with Gasteiger partial charge in [0.05, 0.1) is 0 Å². The molecule has 4 heteroatoms. The lowest BCUT2D eigenvalue weighted by molar-refractivity contribution is 0.138. The summed E-state index contributed by atoms with van der Waals surface area (Å²) >= 11 is 0. The monoisotopic (exact) mass is 239 g/mol. The molecule has 0 aliphatic rings. The normalized spacial score (nSPS) is 11.9. The number of rotatable bonds is 6. The number of alkyl carbamates (subject to hydrolysis) is 1. The molecule has 1 N–H and O–H groups in total. The van der Waals surface area contributed by atoms with Crippen molar-refractivity contribution < 1.29 is 13.9 Å². The number of carbonyl (C=O) groups is 1. The molecule has 0 aliphatic heterocycles. The lowest BCUT2D eigenvalue weighted by Crippen LogP contribution is -2.26. The van der Waals surface area contributed by atoms with Crippen LogP contribution in [-0.4, -0.2) is 18.8 Å². The van der Waals surface area contributed by atoms with Crippen LogP contribution in [0.5, 0.6) is 0 Å². The predicted molar refractivity (Wildman–Crippen MR) is 64.4 cm³/mol. The summed E-state index contributed by atoms with van der Waals surface area (Å²) in [5.74, 6) is 0. The van der Waals surface area contributed by atoms with Gasteiger partial charge in [0.1, 0.15) is 12.8 Å². The fraction of sp³-hybridized carbons (Fsp3) is 0.462. The molecular weight excluding hydrogens is 221 g/mol. The van der Waals surface area contributed by atoms with E-state index in [0.29, 0.717) is 19.4 Å². The van der Waals surface area contributed by atoms with Crippen LogP contribution in [0.1, 0.15) is 25.3 Å². The van der Waals surface area contributed by atoms with E-state index in [1.165, 1.54) is 0 Å². The van der Waals surface area contributed by atoms with Crippen LogP contribution in [0.2, 0.25) is 0 Å². The van der Waals surface area contributed by atoms with E-state index in [4.69, 9.17) is 4.74 Å².